The molecule has 8 nitrogen and oxygen atoms in total. The zero-order chi connectivity index (χ0) is 28.2. The predicted molar refractivity (Wildman–Crippen MR) is 152 cm³/mol. The number of hydrogen-bond acceptors (Lipinski definition) is 7. The second-order valence-electron chi connectivity index (χ2n) is 9.98. The van der Waals surface area contributed by atoms with Crippen LogP contribution in [0.1, 0.15) is 48.8 Å². The van der Waals surface area contributed by atoms with E-state index < -0.39 is 5.92 Å². The Morgan fingerprint density at radius 3 is 2.48 bits per heavy atom. The number of rotatable bonds is 8. The van der Waals surface area contributed by atoms with Gasteiger partial charge in [-0.05, 0) is 80.3 Å². The number of methoxy groups -OCH3 is 2. The predicted octanol–water partition coefficient (Wildman–Crippen LogP) is 5.59. The molecule has 0 spiro atoms. The summed E-state index contributed by atoms with van der Waals surface area (Å²) < 4.78 is 16.9. The average molecular weight is 540 g/mol. The van der Waals surface area contributed by atoms with Crippen molar-refractivity contribution in [3.05, 3.63) is 100 Å². The molecule has 3 aromatic rings. The summed E-state index contributed by atoms with van der Waals surface area (Å²) >= 11 is 0. The smallest absolute Gasteiger partial charge is 0.255 e. The monoisotopic (exact) mass is 539 g/mol. The fourth-order valence-electron chi connectivity index (χ4n) is 5.27. The van der Waals surface area contributed by atoms with Gasteiger partial charge in [0.05, 0.1) is 14.2 Å². The minimum atomic E-state index is -0.542. The summed E-state index contributed by atoms with van der Waals surface area (Å²) in [6.07, 6.45) is 3.70. The first-order valence-electron chi connectivity index (χ1n) is 13.3. The van der Waals surface area contributed by atoms with Crippen molar-refractivity contribution in [2.24, 2.45) is 0 Å². The molecule has 2 aliphatic rings. The maximum Gasteiger partial charge on any atom is 0.255 e. The largest absolute Gasteiger partial charge is 0.497 e. The molecule has 1 aromatic heterocycles. The number of hydrogen-bond donors (Lipinski definition) is 2. The lowest BCUT2D eigenvalue weighted by Crippen LogP contribution is -2.35. The van der Waals surface area contributed by atoms with Crippen molar-refractivity contribution in [3.63, 3.8) is 0 Å². The standard InChI is InChI=1S/C32H33N3O5/c1-19-8-15-28(33-17-19)35-32(37)29-20(2)34-25-6-5-7-26(36)31(25)30(29)21-9-14-27(39-4)22(16-21)18-40-24-12-10-23(38-3)11-13-24/h8-17,30,34H,5-7,18H2,1-4H3,(H,33,35,37). The molecule has 206 valence electrons. The lowest BCUT2D eigenvalue weighted by molar-refractivity contribution is -0.116. The van der Waals surface area contributed by atoms with E-state index >= 15 is 0 Å². The Morgan fingerprint density at radius 2 is 1.77 bits per heavy atom. The minimum Gasteiger partial charge on any atom is -0.497 e. The van der Waals surface area contributed by atoms with E-state index in [-0.39, 0.29) is 18.3 Å². The van der Waals surface area contributed by atoms with Crippen LogP contribution in [0.15, 0.2) is 83.3 Å². The van der Waals surface area contributed by atoms with E-state index in [1.165, 1.54) is 0 Å². The van der Waals surface area contributed by atoms with Crippen LogP contribution in [-0.2, 0) is 16.2 Å². The fraction of sp³-hybridized carbons (Fsp3) is 0.281. The van der Waals surface area contributed by atoms with E-state index in [1.807, 2.05) is 62.4 Å². The van der Waals surface area contributed by atoms with Crippen LogP contribution in [0.4, 0.5) is 5.82 Å². The number of aromatic nitrogens is 1. The molecule has 0 fully saturated rings. The SMILES string of the molecule is COc1ccc(OCc2cc(C3C(C(=O)Nc4ccc(C)cn4)=C(C)NC4=C3C(=O)CCC4)ccc2OC)cc1. The molecular weight excluding hydrogens is 506 g/mol. The first-order chi connectivity index (χ1) is 19.4. The van der Waals surface area contributed by atoms with Gasteiger partial charge >= 0.3 is 0 Å². The molecule has 0 bridgehead atoms. The lowest BCUT2D eigenvalue weighted by atomic mass is 9.74. The number of anilines is 1. The molecule has 2 N–H and O–H groups in total. The normalized spacial score (nSPS) is 16.7. The van der Waals surface area contributed by atoms with E-state index in [2.05, 4.69) is 15.6 Å². The van der Waals surface area contributed by atoms with E-state index in [0.717, 1.165) is 46.7 Å². The number of nitrogens with one attached hydrogen (secondary N) is 2. The summed E-state index contributed by atoms with van der Waals surface area (Å²) in [5.74, 6) is 1.75. The van der Waals surface area contributed by atoms with E-state index in [9.17, 15) is 9.59 Å². The van der Waals surface area contributed by atoms with Gasteiger partial charge in [0.15, 0.2) is 5.78 Å². The highest BCUT2D eigenvalue weighted by Crippen LogP contribution is 2.43. The molecule has 1 aliphatic heterocycles. The lowest BCUT2D eigenvalue weighted by Gasteiger charge is -2.34. The van der Waals surface area contributed by atoms with Crippen molar-refractivity contribution in [1.82, 2.24) is 10.3 Å². The highest BCUT2D eigenvalue weighted by molar-refractivity contribution is 6.09. The highest BCUT2D eigenvalue weighted by Gasteiger charge is 2.38. The first-order valence-corrected chi connectivity index (χ1v) is 13.3. The number of carbonyl (C=O) groups excluding carboxylic acids is 2. The Morgan fingerprint density at radius 1 is 1.00 bits per heavy atom. The Balaban J connectivity index is 1.52. The third-order valence-corrected chi connectivity index (χ3v) is 7.27. The van der Waals surface area contributed by atoms with E-state index in [4.69, 9.17) is 14.2 Å². The number of aryl methyl sites for hydroxylation is 1. The van der Waals surface area contributed by atoms with Crippen LogP contribution in [0.2, 0.25) is 0 Å². The van der Waals surface area contributed by atoms with Crippen LogP contribution in [-0.4, -0.2) is 30.9 Å². The van der Waals surface area contributed by atoms with Gasteiger partial charge in [0, 0.05) is 46.6 Å². The zero-order valence-electron chi connectivity index (χ0n) is 23.2. The second-order valence-corrected chi connectivity index (χ2v) is 9.98. The molecule has 2 aromatic carbocycles. The molecule has 1 atom stereocenters. The highest BCUT2D eigenvalue weighted by atomic mass is 16.5. The Hall–Kier alpha value is -4.59. The van der Waals surface area contributed by atoms with E-state index in [0.29, 0.717) is 34.9 Å². The third kappa shape index (κ3) is 5.57. The molecule has 2 heterocycles. The van der Waals surface area contributed by atoms with Crippen LogP contribution in [0.3, 0.4) is 0 Å². The zero-order valence-corrected chi connectivity index (χ0v) is 23.2. The summed E-state index contributed by atoms with van der Waals surface area (Å²) in [6.45, 7) is 4.06. The number of pyridine rings is 1. The summed E-state index contributed by atoms with van der Waals surface area (Å²) in [5, 5.41) is 6.30. The van der Waals surface area contributed by atoms with Crippen molar-refractivity contribution in [1.29, 1.82) is 0 Å². The third-order valence-electron chi connectivity index (χ3n) is 7.27. The van der Waals surface area contributed by atoms with Gasteiger partial charge in [-0.1, -0.05) is 12.1 Å². The quantitative estimate of drug-likeness (QED) is 0.385. The van der Waals surface area contributed by atoms with Crippen LogP contribution in [0, 0.1) is 6.92 Å². The fourth-order valence-corrected chi connectivity index (χ4v) is 5.27. The van der Waals surface area contributed by atoms with E-state index in [1.54, 1.807) is 26.5 Å². The van der Waals surface area contributed by atoms with Gasteiger partial charge in [0.2, 0.25) is 0 Å². The first kappa shape index (κ1) is 27.0. The molecule has 0 radical (unpaired) electrons. The van der Waals surface area contributed by atoms with Crippen molar-refractivity contribution >= 4 is 17.5 Å². The van der Waals surface area contributed by atoms with Gasteiger partial charge in [-0.3, -0.25) is 9.59 Å². The minimum absolute atomic E-state index is 0.0526. The van der Waals surface area contributed by atoms with Crippen molar-refractivity contribution in [2.75, 3.05) is 19.5 Å². The molecular formula is C32H33N3O5. The molecule has 1 unspecified atom stereocenters. The van der Waals surface area contributed by atoms with Crippen LogP contribution in [0.5, 0.6) is 17.2 Å². The molecule has 8 heteroatoms. The van der Waals surface area contributed by atoms with Gasteiger partial charge in [0.1, 0.15) is 29.7 Å². The molecule has 5 rings (SSSR count). The molecule has 40 heavy (non-hydrogen) atoms. The van der Waals surface area contributed by atoms with Crippen molar-refractivity contribution in [2.45, 2.75) is 45.6 Å². The molecule has 1 aliphatic carbocycles. The number of ketones is 1. The summed E-state index contributed by atoms with van der Waals surface area (Å²) in [6, 6.07) is 16.8. The number of dihydropyridines is 1. The Kier molecular flexibility index (Phi) is 7.86. The van der Waals surface area contributed by atoms with Gasteiger partial charge in [-0.15, -0.1) is 0 Å². The number of ether oxygens (including phenoxy) is 3. The maximum absolute atomic E-state index is 13.8. The number of Topliss-reactive ketones (excluding diaryl/α,β-unsaturated/α-hetero) is 1. The topological polar surface area (TPSA) is 98.8 Å². The van der Waals surface area contributed by atoms with Gasteiger partial charge in [-0.25, -0.2) is 4.98 Å². The number of nitrogens with zero attached hydrogens (tertiary/aromatic N) is 1. The van der Waals surface area contributed by atoms with Gasteiger partial charge in [0.25, 0.3) is 5.91 Å². The Labute approximate surface area is 234 Å². The van der Waals surface area contributed by atoms with Crippen LogP contribution in [0.25, 0.3) is 0 Å². The van der Waals surface area contributed by atoms with Crippen LogP contribution >= 0.6 is 0 Å². The average Bonchev–Trinajstić information content (AvgIpc) is 2.96. The molecule has 0 saturated carbocycles. The molecule has 0 saturated heterocycles. The van der Waals surface area contributed by atoms with Crippen molar-refractivity contribution < 1.29 is 23.8 Å². The summed E-state index contributed by atoms with van der Waals surface area (Å²) in [7, 11) is 3.23. The summed E-state index contributed by atoms with van der Waals surface area (Å²) in [4.78, 5) is 31.4. The number of amides is 1. The summed E-state index contributed by atoms with van der Waals surface area (Å²) in [5.41, 5.74) is 5.35. The molecule has 1 amide bonds. The second kappa shape index (κ2) is 11.7. The van der Waals surface area contributed by atoms with Gasteiger partial charge < -0.3 is 24.8 Å². The van der Waals surface area contributed by atoms with Crippen LogP contribution < -0.4 is 24.8 Å². The maximum atomic E-state index is 13.8. The number of allylic oxidation sites excluding steroid dienone is 3. The number of benzene rings is 2. The van der Waals surface area contributed by atoms with Crippen molar-refractivity contribution in [3.8, 4) is 17.2 Å². The number of carbonyl (C=O) groups is 2. The Bertz CT molecular complexity index is 1490. The van der Waals surface area contributed by atoms with Gasteiger partial charge in [-0.2, -0.15) is 0 Å².